The zero-order valence-corrected chi connectivity index (χ0v) is 13.0. The lowest BCUT2D eigenvalue weighted by Crippen LogP contribution is -2.46. The summed E-state index contributed by atoms with van der Waals surface area (Å²) < 4.78 is 10.6. The summed E-state index contributed by atoms with van der Waals surface area (Å²) in [6.07, 6.45) is 2.28. The van der Waals surface area contributed by atoms with Crippen LogP contribution in [0.4, 0.5) is 0 Å². The number of aryl methyl sites for hydroxylation is 1. The first-order valence-corrected chi connectivity index (χ1v) is 7.66. The van der Waals surface area contributed by atoms with Gasteiger partial charge in [-0.25, -0.2) is 4.98 Å². The van der Waals surface area contributed by atoms with E-state index in [4.69, 9.17) is 9.15 Å². The van der Waals surface area contributed by atoms with Crippen molar-refractivity contribution < 1.29 is 19.1 Å². The number of ether oxygens (including phenoxy) is 1. The molecule has 1 amide bonds. The fourth-order valence-electron chi connectivity index (χ4n) is 2.57. The van der Waals surface area contributed by atoms with Crippen LogP contribution in [-0.2, 0) is 4.74 Å². The molecular weight excluding hydrogens is 296 g/mol. The van der Waals surface area contributed by atoms with E-state index >= 15 is 0 Å². The molecule has 23 heavy (non-hydrogen) atoms. The van der Waals surface area contributed by atoms with Crippen LogP contribution in [0.15, 0.2) is 35.1 Å². The summed E-state index contributed by atoms with van der Waals surface area (Å²) in [5.41, 5.74) is 1.23. The van der Waals surface area contributed by atoms with Crippen LogP contribution in [0.3, 0.4) is 0 Å². The third-order valence-electron chi connectivity index (χ3n) is 4.10. The SMILES string of the molecule is Cc1ccc(-c2ocnc2C(=O)NCC2(O)CCOCC2)cc1. The number of hydrogen-bond donors (Lipinski definition) is 2. The van der Waals surface area contributed by atoms with Gasteiger partial charge in [-0.1, -0.05) is 29.8 Å². The van der Waals surface area contributed by atoms with Gasteiger partial charge in [0.25, 0.3) is 5.91 Å². The number of nitrogens with zero attached hydrogens (tertiary/aromatic N) is 1. The Morgan fingerprint density at radius 1 is 1.30 bits per heavy atom. The van der Waals surface area contributed by atoms with E-state index in [1.165, 1.54) is 6.39 Å². The van der Waals surface area contributed by atoms with Crippen LogP contribution in [0.25, 0.3) is 11.3 Å². The van der Waals surface area contributed by atoms with Crippen molar-refractivity contribution in [3.05, 3.63) is 41.9 Å². The topological polar surface area (TPSA) is 84.6 Å². The summed E-state index contributed by atoms with van der Waals surface area (Å²) in [4.78, 5) is 16.4. The fraction of sp³-hybridized carbons (Fsp3) is 0.412. The highest BCUT2D eigenvalue weighted by Gasteiger charge is 2.31. The highest BCUT2D eigenvalue weighted by atomic mass is 16.5. The maximum atomic E-state index is 12.4. The molecule has 1 aliphatic rings. The predicted molar refractivity (Wildman–Crippen MR) is 84.0 cm³/mol. The molecule has 0 radical (unpaired) electrons. The van der Waals surface area contributed by atoms with Crippen LogP contribution >= 0.6 is 0 Å². The summed E-state index contributed by atoms with van der Waals surface area (Å²) in [5, 5.41) is 13.1. The minimum Gasteiger partial charge on any atom is -0.443 e. The van der Waals surface area contributed by atoms with Gasteiger partial charge in [0.15, 0.2) is 17.8 Å². The van der Waals surface area contributed by atoms with E-state index in [0.29, 0.717) is 31.8 Å². The average Bonchev–Trinajstić information content (AvgIpc) is 3.04. The number of rotatable bonds is 4. The average molecular weight is 316 g/mol. The van der Waals surface area contributed by atoms with Crippen molar-refractivity contribution in [1.29, 1.82) is 0 Å². The zero-order chi connectivity index (χ0) is 16.3. The molecule has 1 aromatic carbocycles. The van der Waals surface area contributed by atoms with Gasteiger partial charge in [-0.05, 0) is 6.92 Å². The fourth-order valence-corrected chi connectivity index (χ4v) is 2.57. The van der Waals surface area contributed by atoms with E-state index in [1.807, 2.05) is 31.2 Å². The van der Waals surface area contributed by atoms with Crippen LogP contribution in [0.2, 0.25) is 0 Å². The number of aliphatic hydroxyl groups is 1. The standard InChI is InChI=1S/C17H20N2O4/c1-12-2-4-13(5-3-12)15-14(19-11-23-15)16(20)18-10-17(21)6-8-22-9-7-17/h2-5,11,21H,6-10H2,1H3,(H,18,20). The first kappa shape index (κ1) is 15.7. The molecule has 6 nitrogen and oxygen atoms in total. The first-order chi connectivity index (χ1) is 11.1. The van der Waals surface area contributed by atoms with Gasteiger partial charge in [-0.15, -0.1) is 0 Å². The Kier molecular flexibility index (Phi) is 4.45. The van der Waals surface area contributed by atoms with Crippen molar-refractivity contribution in [2.45, 2.75) is 25.4 Å². The molecule has 0 aliphatic carbocycles. The van der Waals surface area contributed by atoms with Gasteiger partial charge in [0.05, 0.1) is 5.60 Å². The molecule has 6 heteroatoms. The summed E-state index contributed by atoms with van der Waals surface area (Å²) in [6, 6.07) is 7.67. The smallest absolute Gasteiger partial charge is 0.274 e. The quantitative estimate of drug-likeness (QED) is 0.900. The molecule has 0 unspecified atom stereocenters. The van der Waals surface area contributed by atoms with Gasteiger partial charge in [0.1, 0.15) is 0 Å². The zero-order valence-electron chi connectivity index (χ0n) is 13.0. The third kappa shape index (κ3) is 3.60. The molecule has 0 bridgehead atoms. The van der Waals surface area contributed by atoms with Gasteiger partial charge in [-0.3, -0.25) is 4.79 Å². The van der Waals surface area contributed by atoms with E-state index in [1.54, 1.807) is 0 Å². The van der Waals surface area contributed by atoms with Gasteiger partial charge in [-0.2, -0.15) is 0 Å². The number of aromatic nitrogens is 1. The van der Waals surface area contributed by atoms with E-state index in [9.17, 15) is 9.90 Å². The number of oxazole rings is 1. The number of carbonyl (C=O) groups is 1. The van der Waals surface area contributed by atoms with E-state index < -0.39 is 5.60 Å². The maximum absolute atomic E-state index is 12.4. The molecule has 2 heterocycles. The molecule has 1 fully saturated rings. The van der Waals surface area contributed by atoms with E-state index in [2.05, 4.69) is 10.3 Å². The Labute approximate surface area is 134 Å². The minimum absolute atomic E-state index is 0.176. The van der Waals surface area contributed by atoms with Crippen molar-refractivity contribution in [3.63, 3.8) is 0 Å². The molecule has 1 aliphatic heterocycles. The second-order valence-electron chi connectivity index (χ2n) is 5.92. The maximum Gasteiger partial charge on any atom is 0.274 e. The molecule has 0 saturated carbocycles. The lowest BCUT2D eigenvalue weighted by atomic mass is 9.94. The molecule has 0 atom stereocenters. The monoisotopic (exact) mass is 316 g/mol. The lowest BCUT2D eigenvalue weighted by Gasteiger charge is -2.31. The van der Waals surface area contributed by atoms with Gasteiger partial charge in [0.2, 0.25) is 0 Å². The minimum atomic E-state index is -0.915. The Bertz CT molecular complexity index is 672. The Morgan fingerprint density at radius 2 is 2.00 bits per heavy atom. The molecule has 1 aromatic heterocycles. The van der Waals surface area contributed by atoms with Crippen molar-refractivity contribution in [2.75, 3.05) is 19.8 Å². The molecule has 122 valence electrons. The predicted octanol–water partition coefficient (Wildman–Crippen LogP) is 1.92. The molecule has 1 saturated heterocycles. The largest absolute Gasteiger partial charge is 0.443 e. The summed E-state index contributed by atoms with van der Waals surface area (Å²) >= 11 is 0. The Morgan fingerprint density at radius 3 is 2.70 bits per heavy atom. The van der Waals surface area contributed by atoms with Crippen molar-refractivity contribution in [1.82, 2.24) is 10.3 Å². The molecule has 2 N–H and O–H groups in total. The number of hydrogen-bond acceptors (Lipinski definition) is 5. The number of amides is 1. The van der Waals surface area contributed by atoms with Crippen molar-refractivity contribution in [3.8, 4) is 11.3 Å². The van der Waals surface area contributed by atoms with Crippen LogP contribution in [0, 0.1) is 6.92 Å². The number of benzene rings is 1. The van der Waals surface area contributed by atoms with Gasteiger partial charge >= 0.3 is 0 Å². The summed E-state index contributed by atoms with van der Waals surface area (Å²) in [7, 11) is 0. The first-order valence-electron chi connectivity index (χ1n) is 7.66. The second kappa shape index (κ2) is 6.52. The second-order valence-corrected chi connectivity index (χ2v) is 5.92. The van der Waals surface area contributed by atoms with Crippen LogP contribution < -0.4 is 5.32 Å². The van der Waals surface area contributed by atoms with E-state index in [-0.39, 0.29) is 18.1 Å². The number of carbonyl (C=O) groups excluding carboxylic acids is 1. The molecule has 3 rings (SSSR count). The Balaban J connectivity index is 1.71. The highest BCUT2D eigenvalue weighted by Crippen LogP contribution is 2.24. The molecule has 0 spiro atoms. The van der Waals surface area contributed by atoms with Gasteiger partial charge < -0.3 is 19.6 Å². The van der Waals surface area contributed by atoms with Crippen LogP contribution in [-0.4, -0.2) is 41.4 Å². The van der Waals surface area contributed by atoms with Crippen LogP contribution in [0.5, 0.6) is 0 Å². The Hall–Kier alpha value is -2.18. The van der Waals surface area contributed by atoms with Crippen LogP contribution in [0.1, 0.15) is 28.9 Å². The highest BCUT2D eigenvalue weighted by molar-refractivity contribution is 5.97. The number of nitrogens with one attached hydrogen (secondary N) is 1. The summed E-state index contributed by atoms with van der Waals surface area (Å²) in [6.45, 7) is 3.18. The van der Waals surface area contributed by atoms with Gasteiger partial charge in [0, 0.05) is 38.2 Å². The third-order valence-corrected chi connectivity index (χ3v) is 4.10. The molecule has 2 aromatic rings. The summed E-state index contributed by atoms with van der Waals surface area (Å²) in [5.74, 6) is 0.0794. The molecular formula is C17H20N2O4. The van der Waals surface area contributed by atoms with Crippen molar-refractivity contribution in [2.24, 2.45) is 0 Å². The van der Waals surface area contributed by atoms with Crippen molar-refractivity contribution >= 4 is 5.91 Å². The lowest BCUT2D eigenvalue weighted by molar-refractivity contribution is -0.0605. The normalized spacial score (nSPS) is 17.0. The van der Waals surface area contributed by atoms with E-state index in [0.717, 1.165) is 11.1 Å².